The summed E-state index contributed by atoms with van der Waals surface area (Å²) in [5.41, 5.74) is 0.807. The van der Waals surface area contributed by atoms with Gasteiger partial charge in [0.2, 0.25) is 5.60 Å². The molecule has 9 nitrogen and oxygen atoms in total. The van der Waals surface area contributed by atoms with Crippen LogP contribution in [0.2, 0.25) is 0 Å². The summed E-state index contributed by atoms with van der Waals surface area (Å²) in [5, 5.41) is 4.48. The Morgan fingerprint density at radius 3 is 2.61 bits per heavy atom. The maximum Gasteiger partial charge on any atom is 0.349 e. The van der Waals surface area contributed by atoms with E-state index in [1.165, 1.54) is 7.11 Å². The van der Waals surface area contributed by atoms with Crippen molar-refractivity contribution in [3.8, 4) is 11.5 Å². The lowest BCUT2D eigenvalue weighted by atomic mass is 10.0. The maximum absolute atomic E-state index is 13.1. The van der Waals surface area contributed by atoms with E-state index in [9.17, 15) is 9.59 Å². The highest BCUT2D eigenvalue weighted by atomic mass is 16.6. The van der Waals surface area contributed by atoms with Gasteiger partial charge in [-0.05, 0) is 38.8 Å². The lowest BCUT2D eigenvalue weighted by Crippen LogP contribution is -2.41. The zero-order chi connectivity index (χ0) is 24.2. The molecule has 0 aliphatic rings. The lowest BCUT2D eigenvalue weighted by Gasteiger charge is -2.26. The van der Waals surface area contributed by atoms with Crippen LogP contribution in [0.15, 0.2) is 29.1 Å². The highest BCUT2D eigenvalue weighted by molar-refractivity contribution is 5.79. The Bertz CT molecular complexity index is 1200. The zero-order valence-corrected chi connectivity index (χ0v) is 20.2. The van der Waals surface area contributed by atoms with E-state index < -0.39 is 11.6 Å². The Balaban J connectivity index is 1.75. The molecule has 3 rings (SSSR count). The first-order valence-corrected chi connectivity index (χ1v) is 11.2. The van der Waals surface area contributed by atoms with E-state index in [2.05, 4.69) is 17.0 Å². The van der Waals surface area contributed by atoms with Gasteiger partial charge in [-0.25, -0.2) is 9.78 Å². The number of aryl methyl sites for hydroxylation is 3. The number of carbonyl (C=O) groups is 1. The van der Waals surface area contributed by atoms with Crippen LogP contribution < -0.4 is 15.0 Å². The average Bonchev–Trinajstić information content (AvgIpc) is 3.10. The molecule has 0 radical (unpaired) electrons. The van der Waals surface area contributed by atoms with Gasteiger partial charge in [0.15, 0.2) is 5.52 Å². The summed E-state index contributed by atoms with van der Waals surface area (Å²) >= 11 is 0. The van der Waals surface area contributed by atoms with Crippen LogP contribution in [0.4, 0.5) is 0 Å². The summed E-state index contributed by atoms with van der Waals surface area (Å²) in [6.07, 6.45) is 2.17. The van der Waals surface area contributed by atoms with Crippen LogP contribution in [0, 0.1) is 6.92 Å². The number of hydrogen-bond donors (Lipinski definition) is 0. The Morgan fingerprint density at radius 1 is 1.21 bits per heavy atom. The van der Waals surface area contributed by atoms with E-state index >= 15 is 0 Å². The molecule has 0 fully saturated rings. The number of methoxy groups -OCH3 is 1. The molecule has 178 valence electrons. The van der Waals surface area contributed by atoms with E-state index in [1.54, 1.807) is 47.5 Å². The molecule has 1 atom stereocenters. The van der Waals surface area contributed by atoms with Gasteiger partial charge >= 0.3 is 5.97 Å². The Labute approximate surface area is 193 Å². The van der Waals surface area contributed by atoms with Crippen molar-refractivity contribution in [3.63, 3.8) is 0 Å². The van der Waals surface area contributed by atoms with Gasteiger partial charge in [-0.15, -0.1) is 0 Å². The fourth-order valence-electron chi connectivity index (χ4n) is 3.71. The van der Waals surface area contributed by atoms with Crippen molar-refractivity contribution in [2.45, 2.75) is 59.1 Å². The van der Waals surface area contributed by atoms with Crippen molar-refractivity contribution >= 4 is 17.0 Å². The van der Waals surface area contributed by atoms with Gasteiger partial charge in [-0.3, -0.25) is 14.0 Å². The summed E-state index contributed by atoms with van der Waals surface area (Å²) in [5.74, 6) is 1.25. The Hall–Kier alpha value is -3.36. The molecular formula is C24H32N4O5. The fourth-order valence-corrected chi connectivity index (χ4v) is 3.71. The number of esters is 1. The van der Waals surface area contributed by atoms with Gasteiger partial charge in [0, 0.05) is 13.1 Å². The van der Waals surface area contributed by atoms with Crippen molar-refractivity contribution < 1.29 is 19.0 Å². The number of aromatic nitrogens is 4. The topological polar surface area (TPSA) is 97.5 Å². The van der Waals surface area contributed by atoms with E-state index in [-0.39, 0.29) is 12.2 Å². The number of rotatable bonds is 10. The largest absolute Gasteiger partial charge is 0.492 e. The van der Waals surface area contributed by atoms with Gasteiger partial charge in [0.25, 0.3) is 5.56 Å². The SMILES string of the molecule is CCCc1nn(C)c2c(=O)n(CCOc3cccc(OC(C)(CC)C(=O)OC)c3)c(C)nc12. The third-order valence-electron chi connectivity index (χ3n) is 5.71. The second kappa shape index (κ2) is 10.1. The number of fused-ring (bicyclic) bond motifs is 1. The molecule has 33 heavy (non-hydrogen) atoms. The van der Waals surface area contributed by atoms with E-state index in [0.29, 0.717) is 41.3 Å². The normalized spacial score (nSPS) is 13.0. The number of ether oxygens (including phenoxy) is 3. The maximum atomic E-state index is 13.1. The summed E-state index contributed by atoms with van der Waals surface area (Å²) in [6.45, 7) is 8.03. The van der Waals surface area contributed by atoms with Crippen LogP contribution >= 0.6 is 0 Å². The minimum absolute atomic E-state index is 0.132. The monoisotopic (exact) mass is 456 g/mol. The molecule has 0 aliphatic heterocycles. The van der Waals surface area contributed by atoms with Crippen LogP contribution in [0.5, 0.6) is 11.5 Å². The first-order chi connectivity index (χ1) is 15.7. The number of carbonyl (C=O) groups excluding carboxylic acids is 1. The standard InChI is InChI=1S/C24H32N4O5/c1-7-10-19-20-21(27(5)26-19)22(29)28(16(3)25-20)13-14-32-17-11-9-12-18(15-17)33-24(4,8-2)23(30)31-6/h9,11-12,15H,7-8,10,13-14H2,1-6H3. The van der Waals surface area contributed by atoms with Crippen molar-refractivity contribution in [2.24, 2.45) is 7.05 Å². The lowest BCUT2D eigenvalue weighted by molar-refractivity contribution is -0.157. The molecule has 0 aliphatic carbocycles. The quantitative estimate of drug-likeness (QED) is 0.432. The van der Waals surface area contributed by atoms with Crippen molar-refractivity contribution in [1.82, 2.24) is 19.3 Å². The molecule has 0 N–H and O–H groups in total. The van der Waals surface area contributed by atoms with Crippen LogP contribution in [0.3, 0.4) is 0 Å². The average molecular weight is 457 g/mol. The van der Waals surface area contributed by atoms with Crippen LogP contribution in [0.1, 0.15) is 45.1 Å². The summed E-state index contributed by atoms with van der Waals surface area (Å²) in [4.78, 5) is 29.8. The van der Waals surface area contributed by atoms with E-state index in [4.69, 9.17) is 14.2 Å². The zero-order valence-electron chi connectivity index (χ0n) is 20.2. The first-order valence-electron chi connectivity index (χ1n) is 11.2. The number of nitrogens with zero attached hydrogens (tertiary/aromatic N) is 4. The smallest absolute Gasteiger partial charge is 0.349 e. The molecule has 0 amide bonds. The minimum atomic E-state index is -1.08. The van der Waals surface area contributed by atoms with E-state index in [0.717, 1.165) is 18.5 Å². The molecule has 2 aromatic heterocycles. The summed E-state index contributed by atoms with van der Waals surface area (Å²) in [7, 11) is 3.11. The van der Waals surface area contributed by atoms with Crippen LogP contribution in [-0.4, -0.2) is 44.6 Å². The molecule has 0 saturated heterocycles. The van der Waals surface area contributed by atoms with Gasteiger partial charge in [0.05, 0.1) is 19.3 Å². The molecule has 0 saturated carbocycles. The van der Waals surface area contributed by atoms with Crippen molar-refractivity contribution in [2.75, 3.05) is 13.7 Å². The van der Waals surface area contributed by atoms with Crippen LogP contribution in [-0.2, 0) is 29.5 Å². The fraction of sp³-hybridized carbons (Fsp3) is 0.500. The summed E-state index contributed by atoms with van der Waals surface area (Å²) in [6, 6.07) is 7.05. The van der Waals surface area contributed by atoms with Gasteiger partial charge in [-0.1, -0.05) is 26.3 Å². The molecule has 0 spiro atoms. The molecule has 9 heteroatoms. The third-order valence-corrected chi connectivity index (χ3v) is 5.71. The molecule has 2 heterocycles. The van der Waals surface area contributed by atoms with Crippen molar-refractivity contribution in [3.05, 3.63) is 46.1 Å². The van der Waals surface area contributed by atoms with Crippen LogP contribution in [0.25, 0.3) is 11.0 Å². The van der Waals surface area contributed by atoms with Gasteiger partial charge in [-0.2, -0.15) is 5.10 Å². The van der Waals surface area contributed by atoms with Gasteiger partial charge in [0.1, 0.15) is 29.4 Å². The molecular weight excluding hydrogens is 424 g/mol. The predicted molar refractivity (Wildman–Crippen MR) is 125 cm³/mol. The van der Waals surface area contributed by atoms with Gasteiger partial charge < -0.3 is 14.2 Å². The number of benzene rings is 1. The predicted octanol–water partition coefficient (Wildman–Crippen LogP) is 3.19. The molecule has 3 aromatic rings. The molecule has 1 aromatic carbocycles. The van der Waals surface area contributed by atoms with E-state index in [1.807, 2.05) is 13.8 Å². The molecule has 0 bridgehead atoms. The second-order valence-corrected chi connectivity index (χ2v) is 8.13. The third kappa shape index (κ3) is 5.02. The summed E-state index contributed by atoms with van der Waals surface area (Å²) < 4.78 is 19.8. The Morgan fingerprint density at radius 2 is 1.94 bits per heavy atom. The minimum Gasteiger partial charge on any atom is -0.492 e. The molecule has 1 unspecified atom stereocenters. The first kappa shape index (κ1) is 24.3. The highest BCUT2D eigenvalue weighted by Crippen LogP contribution is 2.26. The Kier molecular flexibility index (Phi) is 7.40. The highest BCUT2D eigenvalue weighted by Gasteiger charge is 2.35. The second-order valence-electron chi connectivity index (χ2n) is 8.13. The van der Waals surface area contributed by atoms with Crippen molar-refractivity contribution in [1.29, 1.82) is 0 Å². The number of hydrogen-bond acceptors (Lipinski definition) is 7.